The molecule has 4 rings (SSSR count). The van der Waals surface area contributed by atoms with Crippen LogP contribution in [0.4, 0.5) is 10.5 Å². The number of benzene rings is 3. The van der Waals surface area contributed by atoms with Crippen molar-refractivity contribution in [3.05, 3.63) is 110 Å². The molecule has 0 saturated carbocycles. The molecule has 0 radical (unpaired) electrons. The lowest BCUT2D eigenvalue weighted by molar-refractivity contribution is -0.122. The average Bonchev–Trinajstić information content (AvgIpc) is 2.84. The lowest BCUT2D eigenvalue weighted by atomic mass is 10.0. The normalized spacial score (nSPS) is 14.6. The number of imide groups is 2. The molecule has 0 bridgehead atoms. The highest BCUT2D eigenvalue weighted by Crippen LogP contribution is 2.34. The zero-order valence-corrected chi connectivity index (χ0v) is 22.8. The molecule has 37 heavy (non-hydrogen) atoms. The van der Waals surface area contributed by atoms with Crippen LogP contribution in [0.1, 0.15) is 22.3 Å². The quantitative estimate of drug-likeness (QED) is 0.180. The van der Waals surface area contributed by atoms with Crippen LogP contribution in [0.25, 0.3) is 6.08 Å². The van der Waals surface area contributed by atoms with Crippen molar-refractivity contribution in [3.63, 3.8) is 0 Å². The first-order chi connectivity index (χ1) is 17.7. The number of urea groups is 1. The first-order valence-electron chi connectivity index (χ1n) is 11.2. The van der Waals surface area contributed by atoms with Crippen LogP contribution in [0.2, 0.25) is 10.0 Å². The number of hydrogen-bond acceptors (Lipinski definition) is 4. The highest BCUT2D eigenvalue weighted by molar-refractivity contribution is 9.10. The van der Waals surface area contributed by atoms with E-state index in [0.29, 0.717) is 38.9 Å². The molecule has 0 spiro atoms. The smallest absolute Gasteiger partial charge is 0.335 e. The first kappa shape index (κ1) is 26.7. The van der Waals surface area contributed by atoms with Gasteiger partial charge in [0.2, 0.25) is 0 Å². The third-order valence-electron chi connectivity index (χ3n) is 5.63. The van der Waals surface area contributed by atoms with Gasteiger partial charge in [-0.1, -0.05) is 47.5 Å². The Hall–Kier alpha value is -3.39. The molecule has 4 amide bonds. The number of aryl methyl sites for hydroxylation is 1. The van der Waals surface area contributed by atoms with Crippen LogP contribution in [0.5, 0.6) is 5.75 Å². The van der Waals surface area contributed by atoms with E-state index in [1.54, 1.807) is 49.4 Å². The summed E-state index contributed by atoms with van der Waals surface area (Å²) in [4.78, 5) is 39.3. The third kappa shape index (κ3) is 5.96. The number of hydrogen-bond donors (Lipinski definition) is 1. The Morgan fingerprint density at radius 2 is 1.78 bits per heavy atom. The minimum atomic E-state index is -0.841. The van der Waals surface area contributed by atoms with Crippen LogP contribution in [-0.2, 0) is 22.6 Å². The summed E-state index contributed by atoms with van der Waals surface area (Å²) in [5.41, 5.74) is 3.17. The second kappa shape index (κ2) is 11.3. The maximum Gasteiger partial charge on any atom is 0.335 e. The number of nitrogens with one attached hydrogen (secondary N) is 1. The minimum absolute atomic E-state index is 0.192. The van der Waals surface area contributed by atoms with E-state index in [4.69, 9.17) is 27.9 Å². The maximum atomic E-state index is 13.3. The Morgan fingerprint density at radius 3 is 2.46 bits per heavy atom. The van der Waals surface area contributed by atoms with Crippen LogP contribution in [0, 0.1) is 6.92 Å². The van der Waals surface area contributed by atoms with E-state index in [-0.39, 0.29) is 11.3 Å². The van der Waals surface area contributed by atoms with Crippen LogP contribution < -0.4 is 15.0 Å². The zero-order valence-electron chi connectivity index (χ0n) is 19.7. The topological polar surface area (TPSA) is 75.7 Å². The molecule has 188 valence electrons. The highest BCUT2D eigenvalue weighted by atomic mass is 79.9. The number of nitrogens with zero attached hydrogens (tertiary/aromatic N) is 1. The molecule has 0 unspecified atom stereocenters. The van der Waals surface area contributed by atoms with Gasteiger partial charge in [0.05, 0.1) is 10.2 Å². The lowest BCUT2D eigenvalue weighted by Crippen LogP contribution is -2.54. The van der Waals surface area contributed by atoms with Gasteiger partial charge in [-0.25, -0.2) is 9.69 Å². The second-order valence-corrected chi connectivity index (χ2v) is 9.99. The Labute approximate surface area is 232 Å². The molecule has 1 heterocycles. The van der Waals surface area contributed by atoms with Crippen LogP contribution in [-0.4, -0.2) is 17.8 Å². The van der Waals surface area contributed by atoms with Crippen molar-refractivity contribution in [2.24, 2.45) is 0 Å². The molecule has 1 fully saturated rings. The summed E-state index contributed by atoms with van der Waals surface area (Å²) in [6, 6.07) is 14.8. The largest absolute Gasteiger partial charge is 0.487 e. The van der Waals surface area contributed by atoms with Gasteiger partial charge in [0.1, 0.15) is 17.9 Å². The summed E-state index contributed by atoms with van der Waals surface area (Å²) in [6.07, 6.45) is 3.65. The van der Waals surface area contributed by atoms with Crippen molar-refractivity contribution in [1.82, 2.24) is 5.32 Å². The van der Waals surface area contributed by atoms with Crippen LogP contribution >= 0.6 is 39.1 Å². The molecule has 1 aliphatic rings. The molecular formula is C28H21BrCl2N2O4. The number of carbonyl (C=O) groups is 3. The number of ether oxygens (including phenoxy) is 1. The fourth-order valence-electron chi connectivity index (χ4n) is 3.74. The number of amides is 4. The van der Waals surface area contributed by atoms with E-state index < -0.39 is 17.8 Å². The second-order valence-electron chi connectivity index (χ2n) is 8.29. The molecule has 0 atom stereocenters. The van der Waals surface area contributed by atoms with Gasteiger partial charge >= 0.3 is 6.03 Å². The maximum absolute atomic E-state index is 13.3. The van der Waals surface area contributed by atoms with Gasteiger partial charge in [-0.05, 0) is 94.0 Å². The number of allylic oxidation sites excluding steroid dienone is 1. The van der Waals surface area contributed by atoms with E-state index in [1.165, 1.54) is 12.1 Å². The van der Waals surface area contributed by atoms with Crippen LogP contribution in [0.15, 0.2) is 77.3 Å². The van der Waals surface area contributed by atoms with Gasteiger partial charge in [-0.2, -0.15) is 0 Å². The summed E-state index contributed by atoms with van der Waals surface area (Å²) in [5.74, 6) is -0.922. The van der Waals surface area contributed by atoms with E-state index in [1.807, 2.05) is 12.1 Å². The molecule has 1 N–H and O–H groups in total. The molecule has 0 aliphatic carbocycles. The number of barbiturate groups is 1. The van der Waals surface area contributed by atoms with Gasteiger partial charge in [0.25, 0.3) is 11.8 Å². The van der Waals surface area contributed by atoms with Crippen LogP contribution in [0.3, 0.4) is 0 Å². The zero-order chi connectivity index (χ0) is 26.7. The van der Waals surface area contributed by atoms with Gasteiger partial charge in [0.15, 0.2) is 0 Å². The number of carbonyl (C=O) groups excluding carboxylic acids is 3. The van der Waals surface area contributed by atoms with Gasteiger partial charge in [-0.3, -0.25) is 14.9 Å². The molecule has 1 saturated heterocycles. The van der Waals surface area contributed by atoms with Crippen molar-refractivity contribution in [2.45, 2.75) is 20.0 Å². The number of anilines is 1. The third-order valence-corrected chi connectivity index (χ3v) is 6.88. The van der Waals surface area contributed by atoms with Crippen molar-refractivity contribution in [2.75, 3.05) is 4.90 Å². The number of halogens is 3. The van der Waals surface area contributed by atoms with E-state index in [9.17, 15) is 14.4 Å². The van der Waals surface area contributed by atoms with E-state index >= 15 is 0 Å². The molecule has 0 aromatic heterocycles. The fourth-order valence-corrected chi connectivity index (χ4v) is 4.68. The first-order valence-corrected chi connectivity index (χ1v) is 12.7. The molecule has 9 heteroatoms. The summed E-state index contributed by atoms with van der Waals surface area (Å²) in [5, 5.41) is 3.26. The summed E-state index contributed by atoms with van der Waals surface area (Å²) in [7, 11) is 0. The Bertz CT molecular complexity index is 1450. The summed E-state index contributed by atoms with van der Waals surface area (Å²) >= 11 is 15.7. The lowest BCUT2D eigenvalue weighted by Gasteiger charge is -2.26. The van der Waals surface area contributed by atoms with Crippen molar-refractivity contribution in [1.29, 1.82) is 0 Å². The monoisotopic (exact) mass is 598 g/mol. The molecule has 3 aromatic carbocycles. The average molecular weight is 600 g/mol. The SMILES string of the molecule is C=CCc1cc(/C=C2/C(=O)NC(=O)N(c3ccc(C)c(Cl)c3)C2=O)cc(Br)c1OCc1ccc(Cl)cc1. The predicted octanol–water partition coefficient (Wildman–Crippen LogP) is 7.04. The highest BCUT2D eigenvalue weighted by Gasteiger charge is 2.37. The van der Waals surface area contributed by atoms with E-state index in [0.717, 1.165) is 21.6 Å². The molecular weight excluding hydrogens is 579 g/mol. The fraction of sp³-hybridized carbons (Fsp3) is 0.107. The minimum Gasteiger partial charge on any atom is -0.487 e. The standard InChI is InChI=1S/C28H21BrCl2N2O4/c1-3-4-19-11-18(13-23(29)25(19)37-15-17-6-8-20(30)9-7-17)12-22-26(34)32-28(36)33(27(22)35)21-10-5-16(2)24(31)14-21/h3,5-14H,1,4,15H2,2H3,(H,32,34,36)/b22-12-. The van der Waals surface area contributed by atoms with Crippen molar-refractivity contribution < 1.29 is 19.1 Å². The Kier molecular flexibility index (Phi) is 8.17. The predicted molar refractivity (Wildman–Crippen MR) is 149 cm³/mol. The summed E-state index contributed by atoms with van der Waals surface area (Å²) in [6.45, 7) is 5.94. The van der Waals surface area contributed by atoms with Gasteiger partial charge in [0, 0.05) is 10.0 Å². The summed E-state index contributed by atoms with van der Waals surface area (Å²) < 4.78 is 6.71. The molecule has 6 nitrogen and oxygen atoms in total. The van der Waals surface area contributed by atoms with Crippen molar-refractivity contribution in [3.8, 4) is 5.75 Å². The molecule has 1 aliphatic heterocycles. The number of rotatable bonds is 7. The molecule has 3 aromatic rings. The van der Waals surface area contributed by atoms with Gasteiger partial charge < -0.3 is 4.74 Å². The Morgan fingerprint density at radius 1 is 1.05 bits per heavy atom. The van der Waals surface area contributed by atoms with E-state index in [2.05, 4.69) is 27.8 Å². The van der Waals surface area contributed by atoms with Gasteiger partial charge in [-0.15, -0.1) is 6.58 Å². The van der Waals surface area contributed by atoms with Crippen molar-refractivity contribution >= 4 is 68.7 Å². The Balaban J connectivity index is 1.66.